The second-order valence-electron chi connectivity index (χ2n) is 3.71. The summed E-state index contributed by atoms with van der Waals surface area (Å²) in [6, 6.07) is 7.37. The van der Waals surface area contributed by atoms with Crippen molar-refractivity contribution in [2.45, 2.75) is 26.4 Å². The molecule has 0 amide bonds. The summed E-state index contributed by atoms with van der Waals surface area (Å²) in [6.07, 6.45) is 0.928. The molecule has 1 aromatic carbocycles. The van der Waals surface area contributed by atoms with Gasteiger partial charge in [-0.1, -0.05) is 36.8 Å². The van der Waals surface area contributed by atoms with Crippen LogP contribution in [0.25, 0.3) is 0 Å². The number of benzene rings is 1. The molecule has 1 aromatic rings. The van der Waals surface area contributed by atoms with Gasteiger partial charge in [0.25, 0.3) is 0 Å². The first-order valence-corrected chi connectivity index (χ1v) is 5.23. The molecule has 16 heavy (non-hydrogen) atoms. The number of hydrogen-bond donors (Lipinski definition) is 2. The highest BCUT2D eigenvalue weighted by Gasteiger charge is 2.09. The van der Waals surface area contributed by atoms with Crippen LogP contribution >= 0.6 is 0 Å². The maximum Gasteiger partial charge on any atom is 0.331 e. The van der Waals surface area contributed by atoms with Crippen LogP contribution in [0.15, 0.2) is 35.9 Å². The minimum atomic E-state index is -0.978. The van der Waals surface area contributed by atoms with Crippen molar-refractivity contribution in [1.29, 1.82) is 0 Å². The van der Waals surface area contributed by atoms with Gasteiger partial charge in [-0.25, -0.2) is 4.79 Å². The summed E-state index contributed by atoms with van der Waals surface area (Å²) < 4.78 is 0. The lowest BCUT2D eigenvalue weighted by Crippen LogP contribution is -2.03. The van der Waals surface area contributed by atoms with Gasteiger partial charge < -0.3 is 10.2 Å². The third-order valence-electron chi connectivity index (χ3n) is 2.43. The number of hydrogen-bond acceptors (Lipinski definition) is 2. The van der Waals surface area contributed by atoms with Crippen LogP contribution in [0.1, 0.15) is 30.6 Å². The molecule has 1 rings (SSSR count). The lowest BCUT2D eigenvalue weighted by molar-refractivity contribution is -0.132. The number of aliphatic hydroxyl groups is 1. The second-order valence-corrected chi connectivity index (χ2v) is 3.71. The zero-order valence-corrected chi connectivity index (χ0v) is 9.47. The van der Waals surface area contributed by atoms with E-state index in [9.17, 15) is 9.90 Å². The molecule has 0 aliphatic carbocycles. The summed E-state index contributed by atoms with van der Waals surface area (Å²) in [5.41, 5.74) is 2.04. The lowest BCUT2D eigenvalue weighted by Gasteiger charge is -2.08. The molecule has 0 fully saturated rings. The first kappa shape index (κ1) is 12.5. The van der Waals surface area contributed by atoms with E-state index in [0.29, 0.717) is 12.0 Å². The van der Waals surface area contributed by atoms with Crippen molar-refractivity contribution in [1.82, 2.24) is 0 Å². The van der Waals surface area contributed by atoms with Crippen molar-refractivity contribution in [2.75, 3.05) is 0 Å². The van der Waals surface area contributed by atoms with Gasteiger partial charge in [0.05, 0.1) is 6.10 Å². The monoisotopic (exact) mass is 220 g/mol. The van der Waals surface area contributed by atoms with E-state index >= 15 is 0 Å². The first-order valence-electron chi connectivity index (χ1n) is 5.23. The molecule has 86 valence electrons. The SMILES string of the molecule is CC/C(=C/C(O)c1ccc(C)cc1)C(=O)O. The zero-order valence-electron chi connectivity index (χ0n) is 9.47. The van der Waals surface area contributed by atoms with Gasteiger partial charge in [0.1, 0.15) is 0 Å². The standard InChI is InChI=1S/C13H16O3/c1-3-10(13(15)16)8-12(14)11-6-4-9(2)5-7-11/h4-8,12,14H,3H2,1-2H3,(H,15,16)/b10-8-. The van der Waals surface area contributed by atoms with E-state index in [4.69, 9.17) is 5.11 Å². The van der Waals surface area contributed by atoms with Crippen LogP contribution in [-0.2, 0) is 4.79 Å². The summed E-state index contributed by atoms with van der Waals surface area (Å²) in [7, 11) is 0. The number of carbonyl (C=O) groups is 1. The minimum Gasteiger partial charge on any atom is -0.478 e. The van der Waals surface area contributed by atoms with Crippen molar-refractivity contribution in [3.8, 4) is 0 Å². The largest absolute Gasteiger partial charge is 0.478 e. The Labute approximate surface area is 95.0 Å². The van der Waals surface area contributed by atoms with Crippen molar-refractivity contribution < 1.29 is 15.0 Å². The maximum absolute atomic E-state index is 10.8. The summed E-state index contributed by atoms with van der Waals surface area (Å²) in [4.78, 5) is 10.8. The quantitative estimate of drug-likeness (QED) is 0.766. The molecule has 0 radical (unpaired) electrons. The normalized spacial score (nSPS) is 13.6. The molecule has 0 aromatic heterocycles. The molecule has 3 heteroatoms. The lowest BCUT2D eigenvalue weighted by atomic mass is 10.0. The Bertz CT molecular complexity index is 390. The highest BCUT2D eigenvalue weighted by molar-refractivity contribution is 5.86. The molecule has 0 aliphatic rings. The average molecular weight is 220 g/mol. The fourth-order valence-corrected chi connectivity index (χ4v) is 1.39. The summed E-state index contributed by atoms with van der Waals surface area (Å²) in [5.74, 6) is -0.978. The van der Waals surface area contributed by atoms with Gasteiger partial charge in [0, 0.05) is 5.57 Å². The van der Waals surface area contributed by atoms with Gasteiger partial charge >= 0.3 is 5.97 Å². The Morgan fingerprint density at radius 2 is 1.94 bits per heavy atom. The summed E-state index contributed by atoms with van der Waals surface area (Å²) in [5, 5.41) is 18.7. The third-order valence-corrected chi connectivity index (χ3v) is 2.43. The van der Waals surface area contributed by atoms with Gasteiger partial charge in [0.15, 0.2) is 0 Å². The summed E-state index contributed by atoms with van der Waals surface area (Å²) in [6.45, 7) is 3.71. The van der Waals surface area contributed by atoms with E-state index in [0.717, 1.165) is 5.56 Å². The van der Waals surface area contributed by atoms with Gasteiger partial charge in [0.2, 0.25) is 0 Å². The van der Waals surface area contributed by atoms with Gasteiger partial charge in [-0.15, -0.1) is 0 Å². The number of carboxylic acids is 1. The molecule has 2 N–H and O–H groups in total. The smallest absolute Gasteiger partial charge is 0.331 e. The zero-order chi connectivity index (χ0) is 12.1. The van der Waals surface area contributed by atoms with Gasteiger partial charge in [-0.05, 0) is 25.0 Å². The topological polar surface area (TPSA) is 57.5 Å². The van der Waals surface area contributed by atoms with E-state index < -0.39 is 12.1 Å². The predicted octanol–water partition coefficient (Wildman–Crippen LogP) is 2.45. The molecular formula is C13H16O3. The number of aryl methyl sites for hydroxylation is 1. The first-order chi connectivity index (χ1) is 7.54. The Morgan fingerprint density at radius 3 is 2.38 bits per heavy atom. The van der Waals surface area contributed by atoms with Crippen LogP contribution in [0.2, 0.25) is 0 Å². The average Bonchev–Trinajstić information content (AvgIpc) is 2.26. The number of aliphatic carboxylic acids is 1. The Kier molecular flexibility index (Phi) is 4.26. The third kappa shape index (κ3) is 3.21. The molecule has 0 bridgehead atoms. The van der Waals surface area contributed by atoms with Crippen LogP contribution in [0.4, 0.5) is 0 Å². The van der Waals surface area contributed by atoms with Gasteiger partial charge in [-0.2, -0.15) is 0 Å². The fraction of sp³-hybridized carbons (Fsp3) is 0.308. The number of carboxylic acid groups (broad SMARTS) is 1. The van der Waals surface area contributed by atoms with E-state index in [1.54, 1.807) is 19.1 Å². The molecule has 3 nitrogen and oxygen atoms in total. The predicted molar refractivity (Wildman–Crippen MR) is 62.1 cm³/mol. The van der Waals surface area contributed by atoms with Crippen LogP contribution in [0.3, 0.4) is 0 Å². The molecule has 1 atom stereocenters. The minimum absolute atomic E-state index is 0.230. The number of rotatable bonds is 4. The second kappa shape index (κ2) is 5.47. The molecule has 0 saturated heterocycles. The van der Waals surface area contributed by atoms with Gasteiger partial charge in [-0.3, -0.25) is 0 Å². The highest BCUT2D eigenvalue weighted by atomic mass is 16.4. The van der Waals surface area contributed by atoms with Crippen molar-refractivity contribution in [2.24, 2.45) is 0 Å². The molecule has 0 saturated carbocycles. The van der Waals surface area contributed by atoms with Crippen molar-refractivity contribution >= 4 is 5.97 Å². The molecule has 1 unspecified atom stereocenters. The Hall–Kier alpha value is -1.61. The van der Waals surface area contributed by atoms with E-state index in [1.165, 1.54) is 6.08 Å². The van der Waals surface area contributed by atoms with Crippen LogP contribution in [-0.4, -0.2) is 16.2 Å². The van der Waals surface area contributed by atoms with E-state index in [-0.39, 0.29) is 5.57 Å². The Morgan fingerprint density at radius 1 is 1.38 bits per heavy atom. The number of aliphatic hydroxyl groups excluding tert-OH is 1. The molecule has 0 aliphatic heterocycles. The molecule has 0 heterocycles. The van der Waals surface area contributed by atoms with Crippen LogP contribution in [0, 0.1) is 6.92 Å². The van der Waals surface area contributed by atoms with Crippen LogP contribution < -0.4 is 0 Å². The maximum atomic E-state index is 10.8. The fourth-order valence-electron chi connectivity index (χ4n) is 1.39. The van der Waals surface area contributed by atoms with Crippen molar-refractivity contribution in [3.63, 3.8) is 0 Å². The van der Waals surface area contributed by atoms with Crippen molar-refractivity contribution in [3.05, 3.63) is 47.0 Å². The van der Waals surface area contributed by atoms with E-state index in [1.807, 2.05) is 19.1 Å². The summed E-state index contributed by atoms with van der Waals surface area (Å²) >= 11 is 0. The highest BCUT2D eigenvalue weighted by Crippen LogP contribution is 2.17. The molecule has 0 spiro atoms. The van der Waals surface area contributed by atoms with Crippen LogP contribution in [0.5, 0.6) is 0 Å². The Balaban J connectivity index is 2.89. The molecular weight excluding hydrogens is 204 g/mol. The van der Waals surface area contributed by atoms with E-state index in [2.05, 4.69) is 0 Å².